The predicted octanol–water partition coefficient (Wildman–Crippen LogP) is 0.0655. The molecular formula is C21H26Br2N6. The van der Waals surface area contributed by atoms with Gasteiger partial charge in [-0.05, 0) is 49.1 Å². The first-order valence-corrected chi connectivity index (χ1v) is 9.31. The number of halogens is 2. The normalized spacial score (nSPS) is 14.3. The molecule has 0 amide bonds. The number of benzene rings is 1. The molecule has 2 aromatic heterocycles. The number of hydrogen-bond donors (Lipinski definition) is 1. The smallest absolute Gasteiger partial charge is 0.286 e. The van der Waals surface area contributed by atoms with Crippen LogP contribution in [0.15, 0.2) is 59.0 Å². The molecule has 3 aromatic rings. The number of rotatable bonds is 3. The fourth-order valence-corrected chi connectivity index (χ4v) is 3.52. The number of hydrogen-bond acceptors (Lipinski definition) is 2. The quantitative estimate of drug-likeness (QED) is 0.229. The van der Waals surface area contributed by atoms with Gasteiger partial charge >= 0.3 is 0 Å². The average molecular weight is 522 g/mol. The van der Waals surface area contributed by atoms with Crippen molar-refractivity contribution >= 4 is 34.8 Å². The van der Waals surface area contributed by atoms with Crippen LogP contribution in [0.3, 0.4) is 0 Å². The van der Waals surface area contributed by atoms with Crippen LogP contribution in [-0.4, -0.2) is 34.7 Å². The first-order valence-electron chi connectivity index (χ1n) is 9.31. The summed E-state index contributed by atoms with van der Waals surface area (Å²) in [5.74, 6) is 0.503. The highest BCUT2D eigenvalue weighted by Crippen LogP contribution is 2.20. The van der Waals surface area contributed by atoms with Crippen molar-refractivity contribution in [2.45, 2.75) is 19.8 Å². The van der Waals surface area contributed by atoms with Crippen LogP contribution < -0.4 is 27.1 Å². The van der Waals surface area contributed by atoms with Crippen LogP contribution in [0.1, 0.15) is 24.0 Å². The number of aryl methyl sites for hydroxylation is 2. The summed E-state index contributed by atoms with van der Waals surface area (Å²) in [5.41, 5.74) is 11.7. The third-order valence-electron chi connectivity index (χ3n) is 5.07. The van der Waals surface area contributed by atoms with Gasteiger partial charge in [0.1, 0.15) is 6.20 Å². The van der Waals surface area contributed by atoms with Gasteiger partial charge in [0.15, 0.2) is 5.69 Å². The number of imidazole rings is 1. The standard InChI is InChI=1S/C21H25N6.2BrH/c1-16-5-10-20-25(2)19(15-27(20)14-16)18-8-6-17(7-9-18)13-23-24-21(22)26-11-3-4-12-26;;/h5-10,13-15H,3-4,11-12H2,1-2H3,(H2,22,24);2*1H/q+1;;/p-1/b23-13+;;. The van der Waals surface area contributed by atoms with E-state index in [1.54, 1.807) is 6.21 Å². The summed E-state index contributed by atoms with van der Waals surface area (Å²) in [4.78, 5) is 2.07. The lowest BCUT2D eigenvalue weighted by Crippen LogP contribution is -3.00. The lowest BCUT2D eigenvalue weighted by molar-refractivity contribution is -0.510. The SMILES string of the molecule is Br.Cc1ccc2n(C)c(-c3ccc(/C=N/N=C(\N)N4CCCC4)cc3)c[n+]2c1.[Br-]. The minimum atomic E-state index is 0. The number of likely N-dealkylation sites (tertiary alicyclic amines) is 1. The Morgan fingerprint density at radius 2 is 1.76 bits per heavy atom. The highest BCUT2D eigenvalue weighted by atomic mass is 79.9. The molecule has 2 N–H and O–H groups in total. The van der Waals surface area contributed by atoms with Gasteiger partial charge in [-0.2, -0.15) is 5.10 Å². The first-order chi connectivity index (χ1) is 13.1. The van der Waals surface area contributed by atoms with Crippen LogP contribution in [0.5, 0.6) is 0 Å². The Hall–Kier alpha value is -2.19. The molecule has 1 aliphatic heterocycles. The van der Waals surface area contributed by atoms with Gasteiger partial charge in [-0.15, -0.1) is 22.1 Å². The number of guanidine groups is 1. The van der Waals surface area contributed by atoms with E-state index in [9.17, 15) is 0 Å². The number of fused-ring (bicyclic) bond motifs is 1. The first kappa shape index (κ1) is 23.1. The van der Waals surface area contributed by atoms with Gasteiger partial charge in [-0.3, -0.25) is 0 Å². The lowest BCUT2D eigenvalue weighted by atomic mass is 10.1. The van der Waals surface area contributed by atoms with Crippen LogP contribution in [-0.2, 0) is 7.05 Å². The molecule has 29 heavy (non-hydrogen) atoms. The largest absolute Gasteiger partial charge is 1.00 e. The molecule has 0 saturated carbocycles. The van der Waals surface area contributed by atoms with Gasteiger partial charge < -0.3 is 27.6 Å². The van der Waals surface area contributed by atoms with Gasteiger partial charge in [0.2, 0.25) is 5.96 Å². The summed E-state index contributed by atoms with van der Waals surface area (Å²) in [6.45, 7) is 4.05. The van der Waals surface area contributed by atoms with Crippen molar-refractivity contribution in [1.29, 1.82) is 0 Å². The van der Waals surface area contributed by atoms with E-state index in [1.807, 2.05) is 12.1 Å². The maximum absolute atomic E-state index is 5.96. The molecule has 1 saturated heterocycles. The molecule has 6 nitrogen and oxygen atoms in total. The van der Waals surface area contributed by atoms with Crippen LogP contribution in [0.4, 0.5) is 0 Å². The zero-order chi connectivity index (χ0) is 18.8. The molecule has 3 heterocycles. The molecule has 0 atom stereocenters. The van der Waals surface area contributed by atoms with Crippen LogP contribution in [0.2, 0.25) is 0 Å². The summed E-state index contributed by atoms with van der Waals surface area (Å²) < 4.78 is 4.36. The van der Waals surface area contributed by atoms with Crippen LogP contribution in [0.25, 0.3) is 16.9 Å². The summed E-state index contributed by atoms with van der Waals surface area (Å²) in [7, 11) is 2.09. The monoisotopic (exact) mass is 520 g/mol. The van der Waals surface area contributed by atoms with E-state index in [-0.39, 0.29) is 34.0 Å². The van der Waals surface area contributed by atoms with E-state index in [0.717, 1.165) is 29.9 Å². The third-order valence-corrected chi connectivity index (χ3v) is 5.07. The molecular weight excluding hydrogens is 496 g/mol. The second-order valence-electron chi connectivity index (χ2n) is 7.06. The molecule has 1 fully saturated rings. The summed E-state index contributed by atoms with van der Waals surface area (Å²) in [5, 5.41) is 8.25. The number of pyridine rings is 1. The highest BCUT2D eigenvalue weighted by molar-refractivity contribution is 8.93. The molecule has 1 aromatic carbocycles. The molecule has 0 bridgehead atoms. The third kappa shape index (κ3) is 5.05. The van der Waals surface area contributed by atoms with Crippen molar-refractivity contribution in [2.75, 3.05) is 13.1 Å². The molecule has 0 radical (unpaired) electrons. The van der Waals surface area contributed by atoms with E-state index >= 15 is 0 Å². The molecule has 0 spiro atoms. The second kappa shape index (κ2) is 10.0. The molecule has 0 aliphatic carbocycles. The Bertz CT molecular complexity index is 1020. The topological polar surface area (TPSA) is 63.0 Å². The van der Waals surface area contributed by atoms with E-state index in [0.29, 0.717) is 5.96 Å². The highest BCUT2D eigenvalue weighted by Gasteiger charge is 2.15. The van der Waals surface area contributed by atoms with Crippen molar-refractivity contribution in [2.24, 2.45) is 23.0 Å². The number of aromatic nitrogens is 2. The van der Waals surface area contributed by atoms with E-state index in [2.05, 4.69) is 74.7 Å². The van der Waals surface area contributed by atoms with E-state index in [4.69, 9.17) is 5.73 Å². The number of nitrogens with zero attached hydrogens (tertiary/aromatic N) is 5. The number of nitrogens with two attached hydrogens (primary N) is 1. The van der Waals surface area contributed by atoms with E-state index in [1.165, 1.54) is 24.1 Å². The minimum absolute atomic E-state index is 0. The zero-order valence-electron chi connectivity index (χ0n) is 16.6. The van der Waals surface area contributed by atoms with Crippen LogP contribution in [0, 0.1) is 6.92 Å². The van der Waals surface area contributed by atoms with Crippen molar-refractivity contribution in [3.8, 4) is 11.3 Å². The molecule has 0 unspecified atom stereocenters. The zero-order valence-corrected chi connectivity index (χ0v) is 19.9. The van der Waals surface area contributed by atoms with Gasteiger partial charge in [0.05, 0.1) is 19.5 Å². The van der Waals surface area contributed by atoms with Gasteiger partial charge in [0, 0.05) is 24.7 Å². The Balaban J connectivity index is 0.00000150. The molecule has 154 valence electrons. The summed E-state index contributed by atoms with van der Waals surface area (Å²) in [6.07, 6.45) is 8.39. The van der Waals surface area contributed by atoms with E-state index < -0.39 is 0 Å². The Labute approximate surface area is 192 Å². The van der Waals surface area contributed by atoms with Crippen molar-refractivity contribution in [3.63, 3.8) is 0 Å². The molecule has 1 aliphatic rings. The summed E-state index contributed by atoms with van der Waals surface area (Å²) >= 11 is 0. The van der Waals surface area contributed by atoms with Crippen LogP contribution >= 0.6 is 17.0 Å². The van der Waals surface area contributed by atoms with Crippen molar-refractivity contribution in [1.82, 2.24) is 9.47 Å². The minimum Gasteiger partial charge on any atom is -1.00 e. The summed E-state index contributed by atoms with van der Waals surface area (Å²) in [6, 6.07) is 12.6. The van der Waals surface area contributed by atoms with Crippen molar-refractivity contribution < 1.29 is 21.4 Å². The average Bonchev–Trinajstić information content (AvgIpc) is 3.31. The maximum atomic E-state index is 5.96. The van der Waals surface area contributed by atoms with Gasteiger partial charge in [0.25, 0.3) is 5.65 Å². The van der Waals surface area contributed by atoms with Gasteiger partial charge in [-0.25, -0.2) is 8.97 Å². The second-order valence-corrected chi connectivity index (χ2v) is 7.06. The molecule has 4 rings (SSSR count). The maximum Gasteiger partial charge on any atom is 0.286 e. The van der Waals surface area contributed by atoms with Crippen molar-refractivity contribution in [3.05, 3.63) is 59.9 Å². The Morgan fingerprint density at radius 1 is 1.07 bits per heavy atom. The fourth-order valence-electron chi connectivity index (χ4n) is 3.52. The fraction of sp³-hybridized carbons (Fsp3) is 0.286. The Kier molecular flexibility index (Phi) is 7.98. The lowest BCUT2D eigenvalue weighted by Gasteiger charge is -2.13. The molecule has 8 heteroatoms. The Morgan fingerprint density at radius 3 is 2.45 bits per heavy atom. The van der Waals surface area contributed by atoms with Gasteiger partial charge in [-0.1, -0.05) is 12.1 Å². The predicted molar refractivity (Wildman–Crippen MR) is 119 cm³/mol.